The molecule has 0 saturated heterocycles. The summed E-state index contributed by atoms with van der Waals surface area (Å²) in [4.78, 5) is 0. The molecule has 3 heteroatoms. The molecule has 0 saturated carbocycles. The molecule has 0 atom stereocenters. The number of rotatable bonds is 4. The minimum atomic E-state index is -0.374. The first kappa shape index (κ1) is 11.5. The van der Waals surface area contributed by atoms with Crippen LogP contribution in [-0.4, -0.2) is 6.61 Å². The molecule has 2 nitrogen and oxygen atoms in total. The van der Waals surface area contributed by atoms with Crippen molar-refractivity contribution in [3.05, 3.63) is 54.3 Å². The molecule has 2 aromatic rings. The van der Waals surface area contributed by atoms with Crippen LogP contribution in [0.3, 0.4) is 0 Å². The third kappa shape index (κ3) is 2.97. The lowest BCUT2D eigenvalue weighted by atomic mass is 10.3. The number of hydrogen-bond acceptors (Lipinski definition) is 2. The number of ether oxygens (including phenoxy) is 2. The Morgan fingerprint density at radius 3 is 2.24 bits per heavy atom. The summed E-state index contributed by atoms with van der Waals surface area (Å²) in [6, 6.07) is 13.4. The van der Waals surface area contributed by atoms with Crippen LogP contribution in [0, 0.1) is 5.82 Å². The van der Waals surface area contributed by atoms with E-state index in [1.165, 1.54) is 6.07 Å². The van der Waals surface area contributed by atoms with Crippen molar-refractivity contribution in [2.24, 2.45) is 0 Å². The van der Waals surface area contributed by atoms with Gasteiger partial charge in [0.25, 0.3) is 0 Å². The van der Waals surface area contributed by atoms with Crippen molar-refractivity contribution < 1.29 is 13.9 Å². The highest BCUT2D eigenvalue weighted by molar-refractivity contribution is 5.35. The largest absolute Gasteiger partial charge is 0.494 e. The van der Waals surface area contributed by atoms with E-state index >= 15 is 0 Å². The average molecular weight is 232 g/mol. The van der Waals surface area contributed by atoms with Gasteiger partial charge in [-0.1, -0.05) is 12.1 Å². The highest BCUT2D eigenvalue weighted by atomic mass is 19.1. The zero-order chi connectivity index (χ0) is 12.1. The monoisotopic (exact) mass is 232 g/mol. The summed E-state index contributed by atoms with van der Waals surface area (Å²) in [5, 5.41) is 0. The summed E-state index contributed by atoms with van der Waals surface area (Å²) >= 11 is 0. The van der Waals surface area contributed by atoms with Crippen LogP contribution >= 0.6 is 0 Å². The molecule has 0 aliphatic carbocycles. The molecule has 2 aromatic carbocycles. The number of para-hydroxylation sites is 1. The molecule has 2 rings (SSSR count). The van der Waals surface area contributed by atoms with E-state index in [0.717, 1.165) is 5.75 Å². The van der Waals surface area contributed by atoms with Crippen LogP contribution in [0.2, 0.25) is 0 Å². The van der Waals surface area contributed by atoms with Crippen molar-refractivity contribution in [3.63, 3.8) is 0 Å². The Labute approximate surface area is 99.6 Å². The normalized spacial score (nSPS) is 10.0. The molecule has 0 bridgehead atoms. The molecule has 0 heterocycles. The van der Waals surface area contributed by atoms with Crippen molar-refractivity contribution in [1.82, 2.24) is 0 Å². The van der Waals surface area contributed by atoms with Crippen molar-refractivity contribution in [1.29, 1.82) is 0 Å². The second-order valence-electron chi connectivity index (χ2n) is 3.44. The van der Waals surface area contributed by atoms with Gasteiger partial charge in [-0.05, 0) is 43.3 Å². The van der Waals surface area contributed by atoms with Gasteiger partial charge in [-0.25, -0.2) is 4.39 Å². The molecule has 88 valence electrons. The first-order valence-electron chi connectivity index (χ1n) is 5.45. The van der Waals surface area contributed by atoms with Crippen molar-refractivity contribution in [3.8, 4) is 17.2 Å². The average Bonchev–Trinajstić information content (AvgIpc) is 2.35. The quantitative estimate of drug-likeness (QED) is 0.792. The lowest BCUT2D eigenvalue weighted by Gasteiger charge is -2.07. The molecule has 0 amide bonds. The van der Waals surface area contributed by atoms with E-state index in [2.05, 4.69) is 0 Å². The molecule has 0 fully saturated rings. The topological polar surface area (TPSA) is 18.5 Å². The minimum Gasteiger partial charge on any atom is -0.494 e. The standard InChI is InChI=1S/C14H13FO2/c1-2-16-11-7-9-12(10-8-11)17-14-6-4-3-5-13(14)15/h3-10H,2H2,1H3. The van der Waals surface area contributed by atoms with Crippen molar-refractivity contribution in [2.75, 3.05) is 6.61 Å². The zero-order valence-electron chi connectivity index (χ0n) is 9.52. The predicted molar refractivity (Wildman–Crippen MR) is 64.1 cm³/mol. The Bertz CT molecular complexity index is 480. The van der Waals surface area contributed by atoms with Crippen LogP contribution in [-0.2, 0) is 0 Å². The van der Waals surface area contributed by atoms with Crippen molar-refractivity contribution >= 4 is 0 Å². The SMILES string of the molecule is CCOc1ccc(Oc2ccccc2F)cc1. The van der Waals surface area contributed by atoms with Crippen LogP contribution in [0.5, 0.6) is 17.2 Å². The van der Waals surface area contributed by atoms with Gasteiger partial charge >= 0.3 is 0 Å². The molecule has 0 aliphatic heterocycles. The van der Waals surface area contributed by atoms with Gasteiger partial charge in [-0.15, -0.1) is 0 Å². The van der Waals surface area contributed by atoms with Gasteiger partial charge in [0.05, 0.1) is 6.61 Å². The molecule has 0 aliphatic rings. The highest BCUT2D eigenvalue weighted by Gasteiger charge is 2.03. The van der Waals surface area contributed by atoms with E-state index in [0.29, 0.717) is 12.4 Å². The van der Waals surface area contributed by atoms with E-state index in [9.17, 15) is 4.39 Å². The molecule has 0 aromatic heterocycles. The molecule has 0 unspecified atom stereocenters. The third-order valence-electron chi connectivity index (χ3n) is 2.20. The zero-order valence-corrected chi connectivity index (χ0v) is 9.52. The fourth-order valence-corrected chi connectivity index (χ4v) is 1.43. The molecule has 17 heavy (non-hydrogen) atoms. The second-order valence-corrected chi connectivity index (χ2v) is 3.44. The Balaban J connectivity index is 2.11. The van der Waals surface area contributed by atoms with Crippen LogP contribution in [0.4, 0.5) is 4.39 Å². The first-order valence-corrected chi connectivity index (χ1v) is 5.45. The van der Waals surface area contributed by atoms with Gasteiger partial charge in [-0.3, -0.25) is 0 Å². The van der Waals surface area contributed by atoms with Gasteiger partial charge < -0.3 is 9.47 Å². The summed E-state index contributed by atoms with van der Waals surface area (Å²) in [5.41, 5.74) is 0. The van der Waals surface area contributed by atoms with Crippen molar-refractivity contribution in [2.45, 2.75) is 6.92 Å². The fourth-order valence-electron chi connectivity index (χ4n) is 1.43. The second kappa shape index (κ2) is 5.34. The van der Waals surface area contributed by atoms with Crippen LogP contribution < -0.4 is 9.47 Å². The van der Waals surface area contributed by atoms with Crippen LogP contribution in [0.25, 0.3) is 0 Å². The predicted octanol–water partition coefficient (Wildman–Crippen LogP) is 4.02. The van der Waals surface area contributed by atoms with E-state index in [1.54, 1.807) is 42.5 Å². The maximum atomic E-state index is 13.3. The summed E-state index contributed by atoms with van der Waals surface area (Å²) in [6.07, 6.45) is 0. The Morgan fingerprint density at radius 2 is 1.59 bits per heavy atom. The molecular formula is C14H13FO2. The summed E-state index contributed by atoms with van der Waals surface area (Å²) in [7, 11) is 0. The van der Waals surface area contributed by atoms with E-state index in [4.69, 9.17) is 9.47 Å². The van der Waals surface area contributed by atoms with Gasteiger partial charge in [0.1, 0.15) is 11.5 Å². The Morgan fingerprint density at radius 1 is 0.941 bits per heavy atom. The smallest absolute Gasteiger partial charge is 0.165 e. The first-order chi connectivity index (χ1) is 8.29. The number of benzene rings is 2. The molecule has 0 N–H and O–H groups in total. The summed E-state index contributed by atoms with van der Waals surface area (Å²) in [6.45, 7) is 2.54. The molecular weight excluding hydrogens is 219 g/mol. The third-order valence-corrected chi connectivity index (χ3v) is 2.20. The van der Waals surface area contributed by atoms with Crippen LogP contribution in [0.15, 0.2) is 48.5 Å². The van der Waals surface area contributed by atoms with E-state index < -0.39 is 0 Å². The maximum absolute atomic E-state index is 13.3. The molecule has 0 radical (unpaired) electrons. The minimum absolute atomic E-state index is 0.219. The highest BCUT2D eigenvalue weighted by Crippen LogP contribution is 2.25. The summed E-state index contributed by atoms with van der Waals surface area (Å²) in [5.74, 6) is 1.20. The van der Waals surface area contributed by atoms with Gasteiger partial charge in [0.15, 0.2) is 11.6 Å². The summed E-state index contributed by atoms with van der Waals surface area (Å²) < 4.78 is 24.0. The van der Waals surface area contributed by atoms with Gasteiger partial charge in [-0.2, -0.15) is 0 Å². The van der Waals surface area contributed by atoms with Gasteiger partial charge in [0.2, 0.25) is 0 Å². The van der Waals surface area contributed by atoms with Crippen LogP contribution in [0.1, 0.15) is 6.92 Å². The molecule has 0 spiro atoms. The number of halogens is 1. The Hall–Kier alpha value is -2.03. The lowest BCUT2D eigenvalue weighted by Crippen LogP contribution is -1.91. The number of hydrogen-bond donors (Lipinski definition) is 0. The maximum Gasteiger partial charge on any atom is 0.165 e. The van der Waals surface area contributed by atoms with Gasteiger partial charge in [0, 0.05) is 0 Å². The van der Waals surface area contributed by atoms with E-state index in [1.807, 2.05) is 6.92 Å². The fraction of sp³-hybridized carbons (Fsp3) is 0.143. The Kier molecular flexibility index (Phi) is 3.60. The lowest BCUT2D eigenvalue weighted by molar-refractivity contribution is 0.339. The van der Waals surface area contributed by atoms with E-state index in [-0.39, 0.29) is 11.6 Å².